The number of nitrogens with zero attached hydrogens (tertiary/aromatic N) is 5. The highest BCUT2D eigenvalue weighted by molar-refractivity contribution is 5.98. The number of amides is 1. The Hall–Kier alpha value is -4.73. The van der Waals surface area contributed by atoms with Gasteiger partial charge in [0.2, 0.25) is 5.91 Å². The zero-order chi connectivity index (χ0) is 28.1. The van der Waals surface area contributed by atoms with E-state index in [1.165, 1.54) is 6.33 Å². The summed E-state index contributed by atoms with van der Waals surface area (Å²) < 4.78 is 12.8. The van der Waals surface area contributed by atoms with Crippen molar-refractivity contribution in [1.82, 2.24) is 24.6 Å². The van der Waals surface area contributed by atoms with E-state index in [0.717, 1.165) is 11.1 Å². The maximum absolute atomic E-state index is 12.8. The second kappa shape index (κ2) is 12.0. The maximum Gasteiger partial charge on any atom is 0.223 e. The lowest BCUT2D eigenvalue weighted by Crippen LogP contribution is -2.39. The van der Waals surface area contributed by atoms with Crippen LogP contribution < -0.4 is 15.2 Å². The minimum absolute atomic E-state index is 0.0113. The molecule has 0 bridgehead atoms. The van der Waals surface area contributed by atoms with Crippen LogP contribution in [0.5, 0.6) is 11.5 Å². The Morgan fingerprint density at radius 3 is 2.48 bits per heavy atom. The summed E-state index contributed by atoms with van der Waals surface area (Å²) in [6, 6.07) is 15.2. The van der Waals surface area contributed by atoms with E-state index in [9.17, 15) is 9.59 Å². The van der Waals surface area contributed by atoms with Gasteiger partial charge in [-0.25, -0.2) is 14.6 Å². The van der Waals surface area contributed by atoms with Crippen molar-refractivity contribution in [2.75, 3.05) is 33.0 Å². The van der Waals surface area contributed by atoms with Gasteiger partial charge in [0.1, 0.15) is 17.8 Å². The lowest BCUT2D eigenvalue weighted by molar-refractivity contribution is -0.133. The molecule has 4 aromatic rings. The first-order valence-corrected chi connectivity index (χ1v) is 13.2. The van der Waals surface area contributed by atoms with Crippen LogP contribution in [0.4, 0.5) is 5.82 Å². The molecular formula is C30H32N6O4. The van der Waals surface area contributed by atoms with Gasteiger partial charge in [-0.05, 0) is 42.7 Å². The first kappa shape index (κ1) is 26.9. The molecule has 1 saturated heterocycles. The highest BCUT2D eigenvalue weighted by Crippen LogP contribution is 2.37. The van der Waals surface area contributed by atoms with Crippen molar-refractivity contribution in [3.8, 4) is 22.8 Å². The predicted octanol–water partition coefficient (Wildman–Crippen LogP) is 4.32. The van der Waals surface area contributed by atoms with Crippen molar-refractivity contribution in [1.29, 1.82) is 0 Å². The Morgan fingerprint density at radius 2 is 1.75 bits per heavy atom. The van der Waals surface area contributed by atoms with Crippen molar-refractivity contribution >= 4 is 34.6 Å². The molecule has 0 radical (unpaired) electrons. The van der Waals surface area contributed by atoms with Gasteiger partial charge in [-0.3, -0.25) is 9.59 Å². The zero-order valence-electron chi connectivity index (χ0n) is 22.6. The third-order valence-corrected chi connectivity index (χ3v) is 7.18. The number of carbonyl (C=O) groups is 2. The molecule has 1 aliphatic heterocycles. The standard InChI is InChI=1S/C30H32N6O4/c1-39-24-12-9-21(18-25(24)40-2)28-27-29(31)32-19-33-30(27)36(34-28)22-14-16-35(17-15-22)26(38)13-11-23(37)10-8-20-6-4-3-5-7-20/h3-10,12,18-19,22H,11,13-17H2,1-2H3,(H2,31,32,33). The molecule has 40 heavy (non-hydrogen) atoms. The fraction of sp³-hybridized carbons (Fsp3) is 0.300. The van der Waals surface area contributed by atoms with Crippen LogP contribution in [-0.2, 0) is 9.59 Å². The predicted molar refractivity (Wildman–Crippen MR) is 153 cm³/mol. The van der Waals surface area contributed by atoms with Crippen molar-refractivity contribution in [3.05, 3.63) is 66.5 Å². The van der Waals surface area contributed by atoms with E-state index in [2.05, 4.69) is 9.97 Å². The van der Waals surface area contributed by atoms with Crippen LogP contribution in [0, 0.1) is 0 Å². The molecule has 0 aliphatic carbocycles. The van der Waals surface area contributed by atoms with Crippen molar-refractivity contribution in [2.45, 2.75) is 31.7 Å². The molecule has 1 aliphatic rings. The number of aromatic nitrogens is 4. The number of anilines is 1. The van der Waals surface area contributed by atoms with E-state index in [4.69, 9.17) is 20.3 Å². The number of likely N-dealkylation sites (tertiary alicyclic amines) is 1. The van der Waals surface area contributed by atoms with Gasteiger partial charge in [-0.1, -0.05) is 36.4 Å². The molecule has 2 aromatic heterocycles. The Balaban J connectivity index is 1.26. The van der Waals surface area contributed by atoms with E-state index < -0.39 is 0 Å². The lowest BCUT2D eigenvalue weighted by atomic mass is 10.0. The van der Waals surface area contributed by atoms with Crippen LogP contribution in [0.3, 0.4) is 0 Å². The number of hydrogen-bond acceptors (Lipinski definition) is 8. The zero-order valence-corrected chi connectivity index (χ0v) is 22.6. The number of nitrogens with two attached hydrogens (primary N) is 1. The molecule has 0 atom stereocenters. The number of ketones is 1. The number of rotatable bonds is 9. The largest absolute Gasteiger partial charge is 0.493 e. The third-order valence-electron chi connectivity index (χ3n) is 7.18. The number of allylic oxidation sites excluding steroid dienone is 1. The second-order valence-electron chi connectivity index (χ2n) is 9.64. The van der Waals surface area contributed by atoms with Gasteiger partial charge in [0.25, 0.3) is 0 Å². The molecule has 1 amide bonds. The molecular weight excluding hydrogens is 508 g/mol. The molecule has 1 fully saturated rings. The second-order valence-corrected chi connectivity index (χ2v) is 9.64. The van der Waals surface area contributed by atoms with Crippen LogP contribution >= 0.6 is 0 Å². The van der Waals surface area contributed by atoms with E-state index in [0.29, 0.717) is 60.0 Å². The minimum atomic E-state index is -0.0601. The number of benzene rings is 2. The molecule has 0 spiro atoms. The van der Waals surface area contributed by atoms with E-state index >= 15 is 0 Å². The van der Waals surface area contributed by atoms with Gasteiger partial charge in [-0.15, -0.1) is 0 Å². The summed E-state index contributed by atoms with van der Waals surface area (Å²) in [6.07, 6.45) is 6.56. The van der Waals surface area contributed by atoms with Crippen molar-refractivity contribution in [3.63, 3.8) is 0 Å². The maximum atomic E-state index is 12.8. The van der Waals surface area contributed by atoms with Crippen LogP contribution in [0.15, 0.2) is 60.9 Å². The number of ether oxygens (including phenoxy) is 2. The van der Waals surface area contributed by atoms with Crippen molar-refractivity contribution in [2.24, 2.45) is 0 Å². The normalized spacial score (nSPS) is 14.1. The highest BCUT2D eigenvalue weighted by Gasteiger charge is 2.28. The first-order valence-electron chi connectivity index (χ1n) is 13.2. The van der Waals surface area contributed by atoms with Gasteiger partial charge < -0.3 is 20.1 Å². The van der Waals surface area contributed by atoms with Gasteiger partial charge in [0.15, 0.2) is 22.9 Å². The number of hydrogen-bond donors (Lipinski definition) is 1. The molecule has 0 unspecified atom stereocenters. The molecule has 2 N–H and O–H groups in total. The van der Waals surface area contributed by atoms with Crippen LogP contribution in [0.2, 0.25) is 0 Å². The van der Waals surface area contributed by atoms with Crippen LogP contribution in [0.1, 0.15) is 37.3 Å². The number of nitrogen functional groups attached to an aromatic ring is 1. The average Bonchev–Trinajstić information content (AvgIpc) is 3.40. The van der Waals surface area contributed by atoms with E-state index in [-0.39, 0.29) is 30.6 Å². The third kappa shape index (κ3) is 5.66. The number of carbonyl (C=O) groups excluding carboxylic acids is 2. The molecule has 3 heterocycles. The molecule has 2 aromatic carbocycles. The summed E-state index contributed by atoms with van der Waals surface area (Å²) in [5.41, 5.74) is 9.37. The van der Waals surface area contributed by atoms with E-state index in [1.807, 2.05) is 58.1 Å². The SMILES string of the molecule is COc1ccc(-c2nn(C3CCN(C(=O)CCC(=O)C=Cc4ccccc4)CC3)c3ncnc(N)c23)cc1OC. The molecule has 0 saturated carbocycles. The number of methoxy groups -OCH3 is 2. The monoisotopic (exact) mass is 540 g/mol. The van der Waals surface area contributed by atoms with Crippen molar-refractivity contribution < 1.29 is 19.1 Å². The Bertz CT molecular complexity index is 1540. The average molecular weight is 541 g/mol. The fourth-order valence-corrected chi connectivity index (χ4v) is 5.02. The summed E-state index contributed by atoms with van der Waals surface area (Å²) in [5, 5.41) is 5.61. The first-order chi connectivity index (χ1) is 19.5. The Kier molecular flexibility index (Phi) is 8.04. The lowest BCUT2D eigenvalue weighted by Gasteiger charge is -2.32. The van der Waals surface area contributed by atoms with Gasteiger partial charge in [-0.2, -0.15) is 5.10 Å². The molecule has 10 heteroatoms. The Labute approximate surface area is 232 Å². The number of fused-ring (bicyclic) bond motifs is 1. The smallest absolute Gasteiger partial charge is 0.223 e. The topological polar surface area (TPSA) is 125 Å². The van der Waals surface area contributed by atoms with Gasteiger partial charge >= 0.3 is 0 Å². The molecule has 206 valence electrons. The summed E-state index contributed by atoms with van der Waals surface area (Å²) >= 11 is 0. The van der Waals surface area contributed by atoms with Crippen LogP contribution in [-0.4, -0.2) is 63.6 Å². The summed E-state index contributed by atoms with van der Waals surface area (Å²) in [6.45, 7) is 1.15. The molecule has 10 nitrogen and oxygen atoms in total. The Morgan fingerprint density at radius 1 is 1.00 bits per heavy atom. The highest BCUT2D eigenvalue weighted by atomic mass is 16.5. The summed E-state index contributed by atoms with van der Waals surface area (Å²) in [5.74, 6) is 1.47. The number of piperidine rings is 1. The van der Waals surface area contributed by atoms with Gasteiger partial charge in [0, 0.05) is 31.5 Å². The minimum Gasteiger partial charge on any atom is -0.493 e. The van der Waals surface area contributed by atoms with Crippen LogP contribution in [0.25, 0.3) is 28.4 Å². The van der Waals surface area contributed by atoms with Gasteiger partial charge in [0.05, 0.1) is 25.6 Å². The molecule has 5 rings (SSSR count). The van der Waals surface area contributed by atoms with E-state index in [1.54, 1.807) is 26.4 Å². The quantitative estimate of drug-likeness (QED) is 0.311. The summed E-state index contributed by atoms with van der Waals surface area (Å²) in [4.78, 5) is 35.7. The fourth-order valence-electron chi connectivity index (χ4n) is 5.02. The summed E-state index contributed by atoms with van der Waals surface area (Å²) in [7, 11) is 3.17.